The van der Waals surface area contributed by atoms with Gasteiger partial charge in [0.05, 0.1) is 12.1 Å². The molecule has 0 radical (unpaired) electrons. The molecule has 4 heteroatoms. The monoisotopic (exact) mass is 348 g/mol. The van der Waals surface area contributed by atoms with Gasteiger partial charge in [0.15, 0.2) is 0 Å². The molecule has 4 nitrogen and oxygen atoms in total. The first kappa shape index (κ1) is 19.3. The Bertz CT molecular complexity index is 850. The van der Waals surface area contributed by atoms with Gasteiger partial charge in [0, 0.05) is 18.2 Å². The molecular weight excluding hydrogens is 324 g/mol. The summed E-state index contributed by atoms with van der Waals surface area (Å²) in [6.45, 7) is 6.61. The van der Waals surface area contributed by atoms with Gasteiger partial charge in [-0.2, -0.15) is 0 Å². The number of carbonyl (C=O) groups is 2. The maximum Gasteiger partial charge on any atom is 0.252 e. The minimum absolute atomic E-state index is 0.0542. The van der Waals surface area contributed by atoms with Gasteiger partial charge in [-0.1, -0.05) is 56.9 Å². The van der Waals surface area contributed by atoms with Gasteiger partial charge in [0.25, 0.3) is 11.8 Å². The van der Waals surface area contributed by atoms with Crippen LogP contribution in [0.25, 0.3) is 0 Å². The van der Waals surface area contributed by atoms with Gasteiger partial charge in [-0.05, 0) is 35.2 Å². The Morgan fingerprint density at radius 2 is 1.62 bits per heavy atom. The first-order chi connectivity index (χ1) is 12.3. The second-order valence-corrected chi connectivity index (χ2v) is 6.94. The molecule has 0 heterocycles. The minimum atomic E-state index is -0.183. The highest BCUT2D eigenvalue weighted by atomic mass is 16.2. The average molecular weight is 348 g/mol. The lowest BCUT2D eigenvalue weighted by atomic mass is 9.87. The van der Waals surface area contributed by atoms with Crippen molar-refractivity contribution in [1.29, 1.82) is 0 Å². The summed E-state index contributed by atoms with van der Waals surface area (Å²) in [6, 6.07) is 14.7. The Morgan fingerprint density at radius 1 is 0.962 bits per heavy atom. The highest BCUT2D eigenvalue weighted by Crippen LogP contribution is 2.22. The van der Waals surface area contributed by atoms with E-state index in [2.05, 4.69) is 43.2 Å². The van der Waals surface area contributed by atoms with Crippen LogP contribution in [0.4, 0.5) is 0 Å². The van der Waals surface area contributed by atoms with Crippen LogP contribution in [0.2, 0.25) is 0 Å². The molecule has 2 aromatic rings. The maximum absolute atomic E-state index is 12.2. The fraction of sp³-hybridized carbons (Fsp3) is 0.273. The smallest absolute Gasteiger partial charge is 0.252 e. The summed E-state index contributed by atoms with van der Waals surface area (Å²) >= 11 is 0. The van der Waals surface area contributed by atoms with Gasteiger partial charge in [-0.25, -0.2) is 0 Å². The second-order valence-electron chi connectivity index (χ2n) is 6.94. The molecule has 0 aliphatic carbocycles. The van der Waals surface area contributed by atoms with E-state index < -0.39 is 0 Å². The third kappa shape index (κ3) is 4.97. The molecule has 0 aliphatic rings. The van der Waals surface area contributed by atoms with E-state index in [1.165, 1.54) is 5.56 Å². The molecule has 2 amide bonds. The average Bonchev–Trinajstić information content (AvgIpc) is 2.64. The maximum atomic E-state index is 12.2. The highest BCUT2D eigenvalue weighted by molar-refractivity contribution is 5.96. The fourth-order valence-corrected chi connectivity index (χ4v) is 2.41. The molecule has 0 bridgehead atoms. The Hall–Kier alpha value is -3.06. The summed E-state index contributed by atoms with van der Waals surface area (Å²) in [5.74, 6) is 5.48. The van der Waals surface area contributed by atoms with Crippen molar-refractivity contribution in [3.8, 4) is 11.8 Å². The van der Waals surface area contributed by atoms with E-state index in [9.17, 15) is 9.59 Å². The SMILES string of the molecule is CNC(=O)c1ccccc1C#CCNC(=O)c1ccc(C(C)(C)C)cc1. The van der Waals surface area contributed by atoms with Crippen LogP contribution in [-0.2, 0) is 5.41 Å². The molecule has 134 valence electrons. The lowest BCUT2D eigenvalue weighted by Gasteiger charge is -2.18. The molecule has 2 aromatic carbocycles. The molecule has 0 aliphatic heterocycles. The summed E-state index contributed by atoms with van der Waals surface area (Å²) < 4.78 is 0. The molecule has 0 fully saturated rings. The predicted octanol–water partition coefficient (Wildman–Crippen LogP) is 3.13. The normalized spacial score (nSPS) is 10.5. The Balaban J connectivity index is 2.00. The van der Waals surface area contributed by atoms with Crippen molar-refractivity contribution in [2.24, 2.45) is 0 Å². The fourth-order valence-electron chi connectivity index (χ4n) is 2.41. The third-order valence-electron chi connectivity index (χ3n) is 3.97. The van der Waals surface area contributed by atoms with Crippen molar-refractivity contribution in [3.63, 3.8) is 0 Å². The number of nitrogens with one attached hydrogen (secondary N) is 2. The number of rotatable bonds is 3. The van der Waals surface area contributed by atoms with Crippen molar-refractivity contribution in [2.45, 2.75) is 26.2 Å². The van der Waals surface area contributed by atoms with E-state index in [0.717, 1.165) is 0 Å². The van der Waals surface area contributed by atoms with Gasteiger partial charge in [-0.3, -0.25) is 9.59 Å². The van der Waals surface area contributed by atoms with E-state index >= 15 is 0 Å². The summed E-state index contributed by atoms with van der Waals surface area (Å²) in [4.78, 5) is 24.0. The standard InChI is InChI=1S/C22H24N2O2/c1-22(2,3)18-13-11-17(12-14-18)20(25)24-15-7-9-16-8-5-6-10-19(16)21(26)23-4/h5-6,8,10-14H,15H2,1-4H3,(H,23,26)(H,24,25). The summed E-state index contributed by atoms with van der Waals surface area (Å²) in [5.41, 5.74) is 2.99. The van der Waals surface area contributed by atoms with E-state index in [4.69, 9.17) is 0 Å². The number of carbonyl (C=O) groups excluding carboxylic acids is 2. The zero-order valence-corrected chi connectivity index (χ0v) is 15.6. The van der Waals surface area contributed by atoms with Gasteiger partial charge < -0.3 is 10.6 Å². The first-order valence-corrected chi connectivity index (χ1v) is 8.51. The van der Waals surface area contributed by atoms with E-state index in [1.807, 2.05) is 30.3 Å². The Kier molecular flexibility index (Phi) is 6.19. The topological polar surface area (TPSA) is 58.2 Å². The van der Waals surface area contributed by atoms with E-state index in [1.54, 1.807) is 25.2 Å². The molecule has 0 atom stereocenters. The quantitative estimate of drug-likeness (QED) is 0.838. The molecule has 0 unspecified atom stereocenters. The van der Waals surface area contributed by atoms with Crippen LogP contribution in [0.15, 0.2) is 48.5 Å². The second kappa shape index (κ2) is 8.35. The number of benzene rings is 2. The van der Waals surface area contributed by atoms with Crippen LogP contribution < -0.4 is 10.6 Å². The first-order valence-electron chi connectivity index (χ1n) is 8.51. The van der Waals surface area contributed by atoms with Gasteiger partial charge in [0.2, 0.25) is 0 Å². The predicted molar refractivity (Wildman–Crippen MR) is 104 cm³/mol. The van der Waals surface area contributed by atoms with Crippen LogP contribution in [0, 0.1) is 11.8 Å². The lowest BCUT2D eigenvalue weighted by molar-refractivity contribution is 0.0952. The molecule has 0 spiro atoms. The number of hydrogen-bond donors (Lipinski definition) is 2. The van der Waals surface area contributed by atoms with Crippen molar-refractivity contribution < 1.29 is 9.59 Å². The largest absolute Gasteiger partial charge is 0.355 e. The van der Waals surface area contributed by atoms with Crippen LogP contribution >= 0.6 is 0 Å². The molecule has 2 N–H and O–H groups in total. The van der Waals surface area contributed by atoms with Gasteiger partial charge >= 0.3 is 0 Å². The minimum Gasteiger partial charge on any atom is -0.355 e. The Morgan fingerprint density at radius 3 is 2.23 bits per heavy atom. The number of hydrogen-bond acceptors (Lipinski definition) is 2. The highest BCUT2D eigenvalue weighted by Gasteiger charge is 2.14. The van der Waals surface area contributed by atoms with E-state index in [0.29, 0.717) is 16.7 Å². The van der Waals surface area contributed by atoms with Crippen LogP contribution in [-0.4, -0.2) is 25.4 Å². The van der Waals surface area contributed by atoms with Crippen LogP contribution in [0.1, 0.15) is 52.6 Å². The lowest BCUT2D eigenvalue weighted by Crippen LogP contribution is -2.24. The summed E-state index contributed by atoms with van der Waals surface area (Å²) in [5, 5.41) is 5.37. The Labute approximate surface area is 155 Å². The zero-order valence-electron chi connectivity index (χ0n) is 15.6. The van der Waals surface area contributed by atoms with Crippen molar-refractivity contribution >= 4 is 11.8 Å². The molecule has 0 aromatic heterocycles. The van der Waals surface area contributed by atoms with E-state index in [-0.39, 0.29) is 23.8 Å². The summed E-state index contributed by atoms with van der Waals surface area (Å²) in [6.07, 6.45) is 0. The molecule has 0 saturated heterocycles. The van der Waals surface area contributed by atoms with Crippen LogP contribution in [0.3, 0.4) is 0 Å². The van der Waals surface area contributed by atoms with Gasteiger partial charge in [-0.15, -0.1) is 0 Å². The van der Waals surface area contributed by atoms with Crippen molar-refractivity contribution in [2.75, 3.05) is 13.6 Å². The molecule has 0 saturated carbocycles. The third-order valence-corrected chi connectivity index (χ3v) is 3.97. The van der Waals surface area contributed by atoms with Gasteiger partial charge in [0.1, 0.15) is 0 Å². The summed E-state index contributed by atoms with van der Waals surface area (Å²) in [7, 11) is 1.58. The molecule has 2 rings (SSSR count). The zero-order chi connectivity index (χ0) is 19.2. The number of amides is 2. The van der Waals surface area contributed by atoms with Crippen LogP contribution in [0.5, 0.6) is 0 Å². The van der Waals surface area contributed by atoms with Crippen molar-refractivity contribution in [3.05, 3.63) is 70.8 Å². The molecule has 26 heavy (non-hydrogen) atoms. The van der Waals surface area contributed by atoms with Crippen molar-refractivity contribution in [1.82, 2.24) is 10.6 Å². The molecular formula is C22H24N2O2.